The quantitative estimate of drug-likeness (QED) is 0.905. The van der Waals surface area contributed by atoms with E-state index < -0.39 is 10.2 Å². The topological polar surface area (TPSA) is 67.2 Å². The zero-order valence-electron chi connectivity index (χ0n) is 11.6. The predicted octanol–water partition coefficient (Wildman–Crippen LogP) is 1.30. The smallest absolute Gasteiger partial charge is 0.241 e. The van der Waals surface area contributed by atoms with E-state index in [2.05, 4.69) is 9.82 Å². The molecule has 1 aliphatic rings. The average molecular weight is 306 g/mol. The van der Waals surface area contributed by atoms with Crippen LogP contribution >= 0.6 is 0 Å². The third-order valence-electron chi connectivity index (χ3n) is 3.54. The summed E-state index contributed by atoms with van der Waals surface area (Å²) < 4.78 is 30.1. The molecular weight excluding hydrogens is 288 g/mol. The van der Waals surface area contributed by atoms with Crippen molar-refractivity contribution in [2.24, 2.45) is 0 Å². The SMILES string of the molecule is O=S(=O)(NCc1cccc(-n2cccn2)c1)N1CCCC1. The van der Waals surface area contributed by atoms with Crippen LogP contribution in [-0.2, 0) is 16.8 Å². The molecule has 0 radical (unpaired) electrons. The van der Waals surface area contributed by atoms with Crippen molar-refractivity contribution in [1.29, 1.82) is 0 Å². The Morgan fingerprint density at radius 1 is 1.19 bits per heavy atom. The Morgan fingerprint density at radius 3 is 2.71 bits per heavy atom. The first-order chi connectivity index (χ1) is 10.1. The third-order valence-corrected chi connectivity index (χ3v) is 5.10. The highest BCUT2D eigenvalue weighted by Crippen LogP contribution is 2.13. The summed E-state index contributed by atoms with van der Waals surface area (Å²) in [6, 6.07) is 9.52. The maximum atomic E-state index is 12.1. The first-order valence-corrected chi connectivity index (χ1v) is 8.43. The van der Waals surface area contributed by atoms with Crippen molar-refractivity contribution in [3.63, 3.8) is 0 Å². The lowest BCUT2D eigenvalue weighted by Crippen LogP contribution is -2.38. The molecule has 0 bridgehead atoms. The summed E-state index contributed by atoms with van der Waals surface area (Å²) in [7, 11) is -3.36. The van der Waals surface area contributed by atoms with Gasteiger partial charge in [-0.3, -0.25) is 0 Å². The van der Waals surface area contributed by atoms with Gasteiger partial charge in [-0.25, -0.2) is 4.68 Å². The molecule has 0 amide bonds. The predicted molar refractivity (Wildman–Crippen MR) is 80.1 cm³/mol. The van der Waals surface area contributed by atoms with Crippen molar-refractivity contribution in [2.45, 2.75) is 19.4 Å². The van der Waals surface area contributed by atoms with E-state index in [9.17, 15) is 8.42 Å². The molecule has 6 nitrogen and oxygen atoms in total. The first kappa shape index (κ1) is 14.2. The minimum Gasteiger partial charge on any atom is -0.241 e. The highest BCUT2D eigenvalue weighted by Gasteiger charge is 2.24. The third kappa shape index (κ3) is 3.31. The molecule has 1 N–H and O–H groups in total. The molecule has 112 valence electrons. The van der Waals surface area contributed by atoms with Crippen LogP contribution in [0.3, 0.4) is 0 Å². The van der Waals surface area contributed by atoms with Gasteiger partial charge >= 0.3 is 0 Å². The van der Waals surface area contributed by atoms with Gasteiger partial charge in [-0.05, 0) is 36.6 Å². The maximum Gasteiger partial charge on any atom is 0.279 e. The number of benzene rings is 1. The first-order valence-electron chi connectivity index (χ1n) is 6.99. The van der Waals surface area contributed by atoms with Crippen LogP contribution in [0.15, 0.2) is 42.7 Å². The minimum atomic E-state index is -3.36. The van der Waals surface area contributed by atoms with E-state index in [1.807, 2.05) is 36.5 Å². The van der Waals surface area contributed by atoms with Crippen LogP contribution < -0.4 is 4.72 Å². The molecule has 0 unspecified atom stereocenters. The van der Waals surface area contributed by atoms with Gasteiger partial charge < -0.3 is 0 Å². The fraction of sp³-hybridized carbons (Fsp3) is 0.357. The number of rotatable bonds is 5. The van der Waals surface area contributed by atoms with Crippen LogP contribution in [0.5, 0.6) is 0 Å². The molecule has 0 atom stereocenters. The van der Waals surface area contributed by atoms with Crippen LogP contribution in [0.1, 0.15) is 18.4 Å². The lowest BCUT2D eigenvalue weighted by atomic mass is 10.2. The van der Waals surface area contributed by atoms with Gasteiger partial charge in [0.25, 0.3) is 10.2 Å². The Kier molecular flexibility index (Phi) is 4.05. The molecule has 1 aromatic carbocycles. The monoisotopic (exact) mass is 306 g/mol. The van der Waals surface area contributed by atoms with Crippen molar-refractivity contribution in [3.05, 3.63) is 48.3 Å². The fourth-order valence-electron chi connectivity index (χ4n) is 2.42. The number of nitrogens with one attached hydrogen (secondary N) is 1. The largest absolute Gasteiger partial charge is 0.279 e. The maximum absolute atomic E-state index is 12.1. The summed E-state index contributed by atoms with van der Waals surface area (Å²) in [5.74, 6) is 0. The summed E-state index contributed by atoms with van der Waals surface area (Å²) >= 11 is 0. The van der Waals surface area contributed by atoms with Gasteiger partial charge in [-0.1, -0.05) is 12.1 Å². The van der Waals surface area contributed by atoms with Crippen LogP contribution in [0.4, 0.5) is 0 Å². The van der Waals surface area contributed by atoms with Crippen molar-refractivity contribution in [1.82, 2.24) is 18.8 Å². The second kappa shape index (κ2) is 5.97. The summed E-state index contributed by atoms with van der Waals surface area (Å²) in [6.45, 7) is 1.51. The molecule has 0 spiro atoms. The summed E-state index contributed by atoms with van der Waals surface area (Å²) in [6.07, 6.45) is 5.45. The van der Waals surface area contributed by atoms with E-state index in [0.717, 1.165) is 24.1 Å². The van der Waals surface area contributed by atoms with E-state index in [4.69, 9.17) is 0 Å². The van der Waals surface area contributed by atoms with Crippen LogP contribution in [0, 0.1) is 0 Å². The van der Waals surface area contributed by atoms with Gasteiger partial charge in [0.2, 0.25) is 0 Å². The second-order valence-corrected chi connectivity index (χ2v) is 6.81. The number of nitrogens with zero attached hydrogens (tertiary/aromatic N) is 3. The number of hydrogen-bond acceptors (Lipinski definition) is 3. The van der Waals surface area contributed by atoms with Gasteiger partial charge in [0.15, 0.2) is 0 Å². The zero-order valence-corrected chi connectivity index (χ0v) is 12.5. The molecule has 2 heterocycles. The Bertz CT molecular complexity index is 692. The van der Waals surface area contributed by atoms with Crippen LogP contribution in [0.2, 0.25) is 0 Å². The average Bonchev–Trinajstić information content (AvgIpc) is 3.18. The van der Waals surface area contributed by atoms with Crippen LogP contribution in [0.25, 0.3) is 5.69 Å². The summed E-state index contributed by atoms with van der Waals surface area (Å²) in [4.78, 5) is 0. The molecule has 1 saturated heterocycles. The Morgan fingerprint density at radius 2 is 2.00 bits per heavy atom. The molecule has 1 aliphatic heterocycles. The van der Waals surface area contributed by atoms with Crippen molar-refractivity contribution in [3.8, 4) is 5.69 Å². The second-order valence-electron chi connectivity index (χ2n) is 5.05. The number of hydrogen-bond donors (Lipinski definition) is 1. The van der Waals surface area contributed by atoms with Gasteiger partial charge in [-0.2, -0.15) is 22.5 Å². The van der Waals surface area contributed by atoms with E-state index >= 15 is 0 Å². The van der Waals surface area contributed by atoms with E-state index in [0.29, 0.717) is 13.1 Å². The van der Waals surface area contributed by atoms with Crippen molar-refractivity contribution in [2.75, 3.05) is 13.1 Å². The molecule has 0 saturated carbocycles. The minimum absolute atomic E-state index is 0.286. The van der Waals surface area contributed by atoms with E-state index in [1.54, 1.807) is 10.9 Å². The lowest BCUT2D eigenvalue weighted by molar-refractivity contribution is 0.464. The van der Waals surface area contributed by atoms with Crippen molar-refractivity contribution < 1.29 is 8.42 Å². The molecular formula is C14H18N4O2S. The Balaban J connectivity index is 1.69. The standard InChI is InChI=1S/C14H18N4O2S/c19-21(20,17-8-1-2-9-17)16-12-13-5-3-6-14(11-13)18-10-4-7-15-18/h3-7,10-11,16H,1-2,8-9,12H2. The van der Waals surface area contributed by atoms with Gasteiger partial charge in [0.1, 0.15) is 0 Å². The highest BCUT2D eigenvalue weighted by molar-refractivity contribution is 7.87. The normalized spacial score (nSPS) is 16.4. The van der Waals surface area contributed by atoms with E-state index in [-0.39, 0.29) is 6.54 Å². The lowest BCUT2D eigenvalue weighted by Gasteiger charge is -2.16. The Hall–Kier alpha value is -1.70. The van der Waals surface area contributed by atoms with Gasteiger partial charge in [0, 0.05) is 32.0 Å². The van der Waals surface area contributed by atoms with Gasteiger partial charge in [0.05, 0.1) is 5.69 Å². The highest BCUT2D eigenvalue weighted by atomic mass is 32.2. The molecule has 21 heavy (non-hydrogen) atoms. The summed E-state index contributed by atoms with van der Waals surface area (Å²) in [5.41, 5.74) is 1.82. The molecule has 0 aliphatic carbocycles. The van der Waals surface area contributed by atoms with Crippen LogP contribution in [-0.4, -0.2) is 35.6 Å². The Labute approximate surface area is 124 Å². The molecule has 3 rings (SSSR count). The fourth-order valence-corrected chi connectivity index (χ4v) is 3.70. The molecule has 1 aromatic heterocycles. The zero-order chi connectivity index (χ0) is 14.7. The summed E-state index contributed by atoms with van der Waals surface area (Å²) in [5, 5.41) is 4.17. The van der Waals surface area contributed by atoms with E-state index in [1.165, 1.54) is 4.31 Å². The molecule has 1 fully saturated rings. The number of aromatic nitrogens is 2. The molecule has 2 aromatic rings. The van der Waals surface area contributed by atoms with Gasteiger partial charge in [-0.15, -0.1) is 0 Å². The molecule has 7 heteroatoms. The van der Waals surface area contributed by atoms with Crippen molar-refractivity contribution >= 4 is 10.2 Å².